The Hall–Kier alpha value is 0.185. The largest absolute Gasteiger partial charge is 0.490 e. The Balaban J connectivity index is 1.29. The topological polar surface area (TPSA) is 249 Å². The molecule has 0 spiro atoms. The van der Waals surface area contributed by atoms with Gasteiger partial charge in [0.05, 0.1) is 24.8 Å². The summed E-state index contributed by atoms with van der Waals surface area (Å²) in [7, 11) is -7.82. The van der Waals surface area contributed by atoms with Crippen LogP contribution in [0.1, 0.15) is 46.0 Å². The second kappa shape index (κ2) is 16.5. The predicted molar refractivity (Wildman–Crippen MR) is 165 cm³/mol. The number of hydrogen-bond acceptors (Lipinski definition) is 13. The molecule has 252 valence electrons. The van der Waals surface area contributed by atoms with Crippen LogP contribution in [0.15, 0.2) is 0 Å². The lowest BCUT2D eigenvalue weighted by Crippen LogP contribution is -2.37. The SMILES string of the molecule is [B][C@H]1C[C@@H](OCSSC(C)(C)CNC(=O)CCCCC2SCC3NC(=O)NC32)C(COP(=O)(O)OP(=O)(O)OP(=O)(O)O)O1. The molecule has 6 unspecified atom stereocenters. The first-order chi connectivity index (χ1) is 20.3. The number of amides is 3. The number of carbonyl (C=O) groups excluding carboxylic acids is 2. The Kier molecular flexibility index (Phi) is 14.5. The molecule has 0 aromatic carbocycles. The summed E-state index contributed by atoms with van der Waals surface area (Å²) in [6, 6.07) is -0.546. The highest BCUT2D eigenvalue weighted by Crippen LogP contribution is 2.66. The molecular formula is C20H37BN3O14P3S3. The van der Waals surface area contributed by atoms with Crippen molar-refractivity contribution in [2.75, 3.05) is 24.8 Å². The number of hydrogen-bond donors (Lipinski definition) is 7. The Morgan fingerprint density at radius 2 is 1.89 bits per heavy atom. The number of ether oxygens (including phenoxy) is 2. The van der Waals surface area contributed by atoms with Crippen molar-refractivity contribution >= 4 is 76.6 Å². The molecule has 3 rings (SSSR count). The van der Waals surface area contributed by atoms with Gasteiger partial charge in [0.2, 0.25) is 5.91 Å². The minimum atomic E-state index is -5.64. The molecule has 24 heteroatoms. The maximum Gasteiger partial charge on any atom is 0.490 e. The van der Waals surface area contributed by atoms with Gasteiger partial charge in [-0.15, -0.1) is 0 Å². The molecule has 0 aromatic heterocycles. The van der Waals surface area contributed by atoms with Crippen molar-refractivity contribution < 1.29 is 65.5 Å². The van der Waals surface area contributed by atoms with E-state index >= 15 is 0 Å². The molecule has 3 amide bonds. The Labute approximate surface area is 268 Å². The number of urea groups is 1. The van der Waals surface area contributed by atoms with Gasteiger partial charge in [-0.25, -0.2) is 18.5 Å². The molecular weight excluding hydrogens is 706 g/mol. The van der Waals surface area contributed by atoms with Crippen molar-refractivity contribution in [2.24, 2.45) is 0 Å². The van der Waals surface area contributed by atoms with Gasteiger partial charge in [0.25, 0.3) is 0 Å². The molecule has 2 radical (unpaired) electrons. The number of thioether (sulfide) groups is 1. The minimum absolute atomic E-state index is 0.0383. The van der Waals surface area contributed by atoms with Gasteiger partial charge in [-0.1, -0.05) is 28.0 Å². The van der Waals surface area contributed by atoms with E-state index in [0.29, 0.717) is 18.2 Å². The first-order valence-corrected chi connectivity index (χ1v) is 21.3. The number of phosphoric acid groups is 3. The van der Waals surface area contributed by atoms with Crippen LogP contribution in [0.4, 0.5) is 4.79 Å². The van der Waals surface area contributed by atoms with E-state index in [1.807, 2.05) is 25.6 Å². The fourth-order valence-electron chi connectivity index (χ4n) is 4.54. The highest BCUT2D eigenvalue weighted by atomic mass is 33.1. The third kappa shape index (κ3) is 13.7. The van der Waals surface area contributed by atoms with Gasteiger partial charge in [-0.3, -0.25) is 9.32 Å². The van der Waals surface area contributed by atoms with E-state index in [2.05, 4.69) is 29.1 Å². The van der Waals surface area contributed by atoms with E-state index < -0.39 is 48.3 Å². The van der Waals surface area contributed by atoms with Crippen LogP contribution in [0.2, 0.25) is 0 Å². The standard InChI is InChI=1S/C20H37BN3O14P3S3/c1-20(2,10-22-17(25)6-4-3-5-15-18-12(9-42-15)23-19(26)24-18)44-43-11-34-13-7-16(21)36-14(13)8-35-40(30,31)38-41(32,33)37-39(27,28)29/h12-16,18H,3-11H2,1-2H3,(H,22,25)(H,30,31)(H,32,33)(H2,23,24,26)(H2,27,28,29)/t12?,13-,14?,15?,16-,18?/m1/s1. The minimum Gasteiger partial charge on any atom is -0.380 e. The van der Waals surface area contributed by atoms with E-state index in [1.165, 1.54) is 21.6 Å². The lowest BCUT2D eigenvalue weighted by atomic mass is 9.96. The lowest BCUT2D eigenvalue weighted by molar-refractivity contribution is -0.121. The molecule has 0 aromatic rings. The van der Waals surface area contributed by atoms with Crippen LogP contribution < -0.4 is 16.0 Å². The summed E-state index contributed by atoms with van der Waals surface area (Å²) in [5.74, 6) is 1.02. The zero-order chi connectivity index (χ0) is 32.8. The van der Waals surface area contributed by atoms with Crippen LogP contribution in [0.3, 0.4) is 0 Å². The first kappa shape index (κ1) is 38.6. The van der Waals surface area contributed by atoms with Crippen molar-refractivity contribution in [1.82, 2.24) is 16.0 Å². The smallest absolute Gasteiger partial charge is 0.380 e. The molecule has 3 aliphatic heterocycles. The van der Waals surface area contributed by atoms with Crippen LogP contribution in [0.5, 0.6) is 0 Å². The van der Waals surface area contributed by atoms with Gasteiger partial charge in [-0.2, -0.15) is 20.4 Å². The van der Waals surface area contributed by atoms with E-state index in [4.69, 9.17) is 27.1 Å². The monoisotopic (exact) mass is 743 g/mol. The normalized spacial score (nSPS) is 29.8. The highest BCUT2D eigenvalue weighted by Gasteiger charge is 2.43. The summed E-state index contributed by atoms with van der Waals surface area (Å²) in [6.45, 7) is 3.68. The van der Waals surface area contributed by atoms with Gasteiger partial charge in [0.1, 0.15) is 19.9 Å². The van der Waals surface area contributed by atoms with E-state index in [0.717, 1.165) is 25.0 Å². The lowest BCUT2D eigenvalue weighted by Gasteiger charge is -2.25. The van der Waals surface area contributed by atoms with Gasteiger partial charge in [-0.05, 0) is 33.1 Å². The third-order valence-corrected chi connectivity index (χ3v) is 14.7. The number of fused-ring (bicyclic) bond motifs is 1. The second-order valence-electron chi connectivity index (χ2n) is 10.8. The van der Waals surface area contributed by atoms with Crippen LogP contribution in [0, 0.1) is 0 Å². The van der Waals surface area contributed by atoms with Gasteiger partial charge < -0.3 is 45.0 Å². The summed E-state index contributed by atoms with van der Waals surface area (Å²) >= 11 is 1.85. The van der Waals surface area contributed by atoms with Crippen LogP contribution in [-0.2, 0) is 41.1 Å². The Morgan fingerprint density at radius 3 is 2.59 bits per heavy atom. The highest BCUT2D eigenvalue weighted by molar-refractivity contribution is 8.77. The van der Waals surface area contributed by atoms with Crippen LogP contribution in [-0.4, -0.2) is 104 Å². The number of carbonyl (C=O) groups is 2. The van der Waals surface area contributed by atoms with Crippen molar-refractivity contribution in [3.8, 4) is 0 Å². The number of rotatable bonds is 19. The average molecular weight is 743 g/mol. The molecule has 3 aliphatic rings. The molecule has 3 heterocycles. The predicted octanol–water partition coefficient (Wildman–Crippen LogP) is 1.96. The van der Waals surface area contributed by atoms with E-state index in [9.17, 15) is 33.1 Å². The molecule has 8 atom stereocenters. The zero-order valence-electron chi connectivity index (χ0n) is 23.8. The first-order valence-electron chi connectivity index (χ1n) is 13.4. The second-order valence-corrected chi connectivity index (χ2v) is 19.4. The fraction of sp³-hybridized carbons (Fsp3) is 0.900. The molecule has 0 aliphatic carbocycles. The molecule has 44 heavy (non-hydrogen) atoms. The molecule has 3 fully saturated rings. The molecule has 17 nitrogen and oxygen atoms in total. The summed E-state index contributed by atoms with van der Waals surface area (Å²) < 4.78 is 57.0. The summed E-state index contributed by atoms with van der Waals surface area (Å²) in [4.78, 5) is 60.0. The number of nitrogens with one attached hydrogen (secondary N) is 3. The maximum absolute atomic E-state index is 12.4. The summed E-state index contributed by atoms with van der Waals surface area (Å²) in [5.41, 5.74) is 0. The van der Waals surface area contributed by atoms with E-state index in [-0.39, 0.29) is 41.1 Å². The molecule has 0 bridgehead atoms. The Bertz CT molecular complexity index is 1160. The van der Waals surface area contributed by atoms with Crippen LogP contribution in [0.25, 0.3) is 0 Å². The third-order valence-electron chi connectivity index (χ3n) is 6.45. The van der Waals surface area contributed by atoms with Crippen molar-refractivity contribution in [1.29, 1.82) is 0 Å². The van der Waals surface area contributed by atoms with E-state index in [1.54, 1.807) is 0 Å². The summed E-state index contributed by atoms with van der Waals surface area (Å²) in [5, 5.41) is 9.21. The average Bonchev–Trinajstić information content (AvgIpc) is 3.53. The quantitative estimate of drug-likeness (QED) is 0.0249. The van der Waals surface area contributed by atoms with Crippen molar-refractivity contribution in [3.05, 3.63) is 0 Å². The number of unbranched alkanes of at least 4 members (excludes halogenated alkanes) is 1. The Morgan fingerprint density at radius 1 is 1.16 bits per heavy atom. The maximum atomic E-state index is 12.4. The zero-order valence-corrected chi connectivity index (χ0v) is 29.0. The molecule has 3 saturated heterocycles. The molecule has 0 saturated carbocycles. The fourth-order valence-corrected chi connectivity index (χ4v) is 11.3. The molecule has 7 N–H and O–H groups in total. The number of phosphoric ester groups is 1. The van der Waals surface area contributed by atoms with Gasteiger partial charge in [0, 0.05) is 34.7 Å². The van der Waals surface area contributed by atoms with Crippen molar-refractivity contribution in [3.63, 3.8) is 0 Å². The van der Waals surface area contributed by atoms with Gasteiger partial charge in [0.15, 0.2) is 0 Å². The summed E-state index contributed by atoms with van der Waals surface area (Å²) in [6.07, 6.45) is 1.57. The van der Waals surface area contributed by atoms with Crippen molar-refractivity contribution in [2.45, 2.75) is 86.2 Å². The van der Waals surface area contributed by atoms with Gasteiger partial charge >= 0.3 is 29.5 Å². The van der Waals surface area contributed by atoms with Crippen LogP contribution >= 0.6 is 56.8 Å².